The van der Waals surface area contributed by atoms with Gasteiger partial charge in [0.25, 0.3) is 0 Å². The predicted octanol–water partition coefficient (Wildman–Crippen LogP) is 3.59. The van der Waals surface area contributed by atoms with Crippen molar-refractivity contribution in [3.05, 3.63) is 58.5 Å². The molecule has 0 spiro atoms. The molecule has 1 aliphatic heterocycles. The van der Waals surface area contributed by atoms with Crippen molar-refractivity contribution < 1.29 is 5.11 Å². The molecule has 1 N–H and O–H groups in total. The number of benzene rings is 1. The molecular formula is C21H25N3O. The Kier molecular flexibility index (Phi) is 4.00. The van der Waals surface area contributed by atoms with Gasteiger partial charge in [-0.05, 0) is 62.2 Å². The highest BCUT2D eigenvalue weighted by molar-refractivity contribution is 5.91. The van der Waals surface area contributed by atoms with Crippen LogP contribution in [0.25, 0.3) is 10.9 Å². The molecule has 4 rings (SSSR count). The Labute approximate surface area is 148 Å². The van der Waals surface area contributed by atoms with Crippen molar-refractivity contribution in [2.75, 3.05) is 13.6 Å². The quantitative estimate of drug-likeness (QED) is 0.795. The number of aromatic hydroxyl groups is 1. The third-order valence-corrected chi connectivity index (χ3v) is 5.26. The van der Waals surface area contributed by atoms with Crippen LogP contribution in [0.3, 0.4) is 0 Å². The molecule has 0 bridgehead atoms. The molecule has 3 heterocycles. The SMILES string of the molecule is Cc1cc(O)c2c(c1)c1c(n2CCc2ccc(C)nc2)CCN(C)C1. The second kappa shape index (κ2) is 6.19. The van der Waals surface area contributed by atoms with Crippen molar-refractivity contribution in [1.29, 1.82) is 0 Å². The van der Waals surface area contributed by atoms with Crippen LogP contribution in [0.15, 0.2) is 30.5 Å². The van der Waals surface area contributed by atoms with Crippen LogP contribution >= 0.6 is 0 Å². The van der Waals surface area contributed by atoms with Gasteiger partial charge in [-0.15, -0.1) is 0 Å². The Hall–Kier alpha value is -2.33. The summed E-state index contributed by atoms with van der Waals surface area (Å²) in [6.45, 7) is 6.95. The zero-order valence-corrected chi connectivity index (χ0v) is 15.2. The lowest BCUT2D eigenvalue weighted by atomic mass is 10.0. The number of phenolic OH excluding ortho intramolecular Hbond substituents is 1. The van der Waals surface area contributed by atoms with Gasteiger partial charge in [-0.25, -0.2) is 0 Å². The minimum atomic E-state index is 0.397. The summed E-state index contributed by atoms with van der Waals surface area (Å²) in [4.78, 5) is 6.76. The largest absolute Gasteiger partial charge is 0.506 e. The van der Waals surface area contributed by atoms with Crippen LogP contribution in [0.1, 0.15) is 28.1 Å². The van der Waals surface area contributed by atoms with E-state index in [2.05, 4.69) is 39.7 Å². The smallest absolute Gasteiger partial charge is 0.140 e. The molecule has 25 heavy (non-hydrogen) atoms. The van der Waals surface area contributed by atoms with E-state index >= 15 is 0 Å². The number of aromatic nitrogens is 2. The molecular weight excluding hydrogens is 310 g/mol. The number of rotatable bonds is 3. The van der Waals surface area contributed by atoms with E-state index in [1.807, 2.05) is 26.1 Å². The van der Waals surface area contributed by atoms with Crippen molar-refractivity contribution in [3.8, 4) is 5.75 Å². The molecule has 1 aliphatic rings. The molecule has 0 fully saturated rings. The Morgan fingerprint density at radius 2 is 2.04 bits per heavy atom. The third-order valence-electron chi connectivity index (χ3n) is 5.26. The lowest BCUT2D eigenvalue weighted by molar-refractivity contribution is 0.309. The second-order valence-electron chi connectivity index (χ2n) is 7.30. The number of phenols is 1. The van der Waals surface area contributed by atoms with Crippen LogP contribution in [0.5, 0.6) is 5.75 Å². The summed E-state index contributed by atoms with van der Waals surface area (Å²) >= 11 is 0. The summed E-state index contributed by atoms with van der Waals surface area (Å²) < 4.78 is 2.34. The van der Waals surface area contributed by atoms with E-state index in [-0.39, 0.29) is 0 Å². The first-order chi connectivity index (χ1) is 12.0. The van der Waals surface area contributed by atoms with Crippen molar-refractivity contribution in [3.63, 3.8) is 0 Å². The second-order valence-corrected chi connectivity index (χ2v) is 7.30. The standard InChI is InChI=1S/C21H25N3O/c1-14-10-17-18-13-23(3)8-7-19(18)24(21(17)20(25)11-14)9-6-16-5-4-15(2)22-12-16/h4-5,10-12,25H,6-9,13H2,1-3H3. The maximum absolute atomic E-state index is 10.6. The van der Waals surface area contributed by atoms with E-state index in [0.29, 0.717) is 5.75 Å². The third kappa shape index (κ3) is 2.91. The Balaban J connectivity index is 1.78. The number of pyridine rings is 1. The first-order valence-electron chi connectivity index (χ1n) is 8.96. The van der Waals surface area contributed by atoms with Gasteiger partial charge in [0.15, 0.2) is 0 Å². The fourth-order valence-electron chi connectivity index (χ4n) is 3.97. The zero-order chi connectivity index (χ0) is 17.6. The van der Waals surface area contributed by atoms with Crippen molar-refractivity contribution in [1.82, 2.24) is 14.5 Å². The van der Waals surface area contributed by atoms with E-state index < -0.39 is 0 Å². The summed E-state index contributed by atoms with van der Waals surface area (Å²) in [6, 6.07) is 8.31. The summed E-state index contributed by atoms with van der Waals surface area (Å²) in [7, 11) is 2.17. The van der Waals surface area contributed by atoms with E-state index in [1.54, 1.807) is 0 Å². The van der Waals surface area contributed by atoms with Crippen molar-refractivity contribution >= 4 is 10.9 Å². The Bertz CT molecular complexity index is 925. The number of nitrogens with zero attached hydrogens (tertiary/aromatic N) is 3. The molecule has 0 atom stereocenters. The van der Waals surface area contributed by atoms with Crippen LogP contribution in [0.4, 0.5) is 0 Å². The highest BCUT2D eigenvalue weighted by atomic mass is 16.3. The molecule has 0 unspecified atom stereocenters. The molecule has 0 amide bonds. The molecule has 3 aromatic rings. The van der Waals surface area contributed by atoms with Gasteiger partial charge in [0.05, 0.1) is 5.52 Å². The van der Waals surface area contributed by atoms with Crippen LogP contribution in [-0.2, 0) is 25.9 Å². The van der Waals surface area contributed by atoms with Crippen LogP contribution in [0, 0.1) is 13.8 Å². The summed E-state index contributed by atoms with van der Waals surface area (Å²) in [6.07, 6.45) is 3.92. The van der Waals surface area contributed by atoms with Crippen molar-refractivity contribution in [2.45, 2.75) is 39.8 Å². The number of aryl methyl sites for hydroxylation is 4. The minimum absolute atomic E-state index is 0.397. The van der Waals surface area contributed by atoms with Gasteiger partial charge in [-0.2, -0.15) is 0 Å². The number of hydrogen-bond donors (Lipinski definition) is 1. The van der Waals surface area contributed by atoms with Crippen LogP contribution < -0.4 is 0 Å². The number of likely N-dealkylation sites (N-methyl/N-ethyl adjacent to an activating group) is 1. The monoisotopic (exact) mass is 335 g/mol. The van der Waals surface area contributed by atoms with Gasteiger partial charge in [0.2, 0.25) is 0 Å². The molecule has 130 valence electrons. The average molecular weight is 335 g/mol. The molecule has 0 saturated carbocycles. The summed E-state index contributed by atoms with van der Waals surface area (Å²) in [5.74, 6) is 0.397. The van der Waals surface area contributed by atoms with Crippen molar-refractivity contribution in [2.24, 2.45) is 0 Å². The molecule has 2 aromatic heterocycles. The number of hydrogen-bond acceptors (Lipinski definition) is 3. The molecule has 4 heteroatoms. The maximum atomic E-state index is 10.6. The summed E-state index contributed by atoms with van der Waals surface area (Å²) in [5, 5.41) is 11.8. The van der Waals surface area contributed by atoms with E-state index in [1.165, 1.54) is 22.2 Å². The van der Waals surface area contributed by atoms with Crippen LogP contribution in [0.2, 0.25) is 0 Å². The van der Waals surface area contributed by atoms with Crippen LogP contribution in [-0.4, -0.2) is 33.1 Å². The Morgan fingerprint density at radius 3 is 2.80 bits per heavy atom. The number of fused-ring (bicyclic) bond motifs is 3. The van der Waals surface area contributed by atoms with Gasteiger partial charge in [0.1, 0.15) is 5.75 Å². The highest BCUT2D eigenvalue weighted by Crippen LogP contribution is 2.36. The maximum Gasteiger partial charge on any atom is 0.140 e. The fraction of sp³-hybridized carbons (Fsp3) is 0.381. The fourth-order valence-corrected chi connectivity index (χ4v) is 3.97. The highest BCUT2D eigenvalue weighted by Gasteiger charge is 2.24. The lowest BCUT2D eigenvalue weighted by Gasteiger charge is -2.24. The van der Waals surface area contributed by atoms with Gasteiger partial charge < -0.3 is 14.6 Å². The first-order valence-corrected chi connectivity index (χ1v) is 8.96. The average Bonchev–Trinajstić information content (AvgIpc) is 2.88. The molecule has 4 nitrogen and oxygen atoms in total. The molecule has 1 aromatic carbocycles. The van der Waals surface area contributed by atoms with E-state index in [9.17, 15) is 5.11 Å². The zero-order valence-electron chi connectivity index (χ0n) is 15.2. The summed E-state index contributed by atoms with van der Waals surface area (Å²) in [5.41, 5.74) is 7.15. The molecule has 0 saturated heterocycles. The minimum Gasteiger partial charge on any atom is -0.506 e. The normalized spacial score (nSPS) is 14.8. The van der Waals surface area contributed by atoms with Gasteiger partial charge >= 0.3 is 0 Å². The molecule has 0 radical (unpaired) electrons. The van der Waals surface area contributed by atoms with Gasteiger partial charge in [-0.1, -0.05) is 6.07 Å². The van der Waals surface area contributed by atoms with E-state index in [0.717, 1.165) is 49.2 Å². The topological polar surface area (TPSA) is 41.3 Å². The first kappa shape index (κ1) is 16.2. The lowest BCUT2D eigenvalue weighted by Crippen LogP contribution is -2.27. The van der Waals surface area contributed by atoms with Gasteiger partial charge in [-0.3, -0.25) is 4.98 Å². The van der Waals surface area contributed by atoms with E-state index in [4.69, 9.17) is 0 Å². The Morgan fingerprint density at radius 1 is 1.20 bits per heavy atom. The van der Waals surface area contributed by atoms with Gasteiger partial charge in [0, 0.05) is 49.0 Å². The molecule has 0 aliphatic carbocycles. The predicted molar refractivity (Wildman–Crippen MR) is 101 cm³/mol.